The molecule has 3 nitrogen and oxygen atoms in total. The zero-order chi connectivity index (χ0) is 36.0. The molecular weight excluding hydrogens is 655 g/mol. The average Bonchev–Trinajstić information content (AvgIpc) is 3.67. The molecule has 0 saturated carbocycles. The maximum atomic E-state index is 5.38. The first-order valence-corrected chi connectivity index (χ1v) is 18.7. The van der Waals surface area contributed by atoms with Crippen LogP contribution in [0.15, 0.2) is 176 Å². The second-order valence-corrected chi connectivity index (χ2v) is 15.0. The summed E-state index contributed by atoms with van der Waals surface area (Å²) in [5.41, 5.74) is 13.7. The standard InChI is InChI=1S/C51H35N3/c1-51(2)43-22-12-10-19-37(43)38-25-24-35(29-44(38)51)50-52-45(32-14-4-3-5-15-32)31-46(53-50)39-26-27-48(40-20-9-8-18-36(39)40)54-47-23-13-11-21-41(47)42-28-33-16-6-7-17-34(33)30-49(42)54/h3-31H,1-2H3. The van der Waals surface area contributed by atoms with Gasteiger partial charge in [-0.25, -0.2) is 9.97 Å². The second-order valence-electron chi connectivity index (χ2n) is 15.0. The Kier molecular flexibility index (Phi) is 6.60. The van der Waals surface area contributed by atoms with E-state index in [4.69, 9.17) is 9.97 Å². The van der Waals surface area contributed by atoms with Crippen molar-refractivity contribution in [3.8, 4) is 50.7 Å². The van der Waals surface area contributed by atoms with E-state index in [1.54, 1.807) is 0 Å². The smallest absolute Gasteiger partial charge is 0.160 e. The summed E-state index contributed by atoms with van der Waals surface area (Å²) in [5, 5.41) is 7.31. The van der Waals surface area contributed by atoms with Gasteiger partial charge in [0.15, 0.2) is 5.82 Å². The molecule has 0 N–H and O–H groups in total. The molecule has 2 aromatic heterocycles. The highest BCUT2D eigenvalue weighted by molar-refractivity contribution is 6.15. The molecule has 1 aliphatic rings. The van der Waals surface area contributed by atoms with E-state index >= 15 is 0 Å². The van der Waals surface area contributed by atoms with Gasteiger partial charge >= 0.3 is 0 Å². The molecule has 54 heavy (non-hydrogen) atoms. The van der Waals surface area contributed by atoms with E-state index in [0.29, 0.717) is 0 Å². The molecule has 1 aliphatic carbocycles. The molecule has 3 heteroatoms. The fraction of sp³-hybridized carbons (Fsp3) is 0.0588. The van der Waals surface area contributed by atoms with Crippen LogP contribution in [0.2, 0.25) is 0 Å². The van der Waals surface area contributed by atoms with E-state index in [2.05, 4.69) is 194 Å². The average molecular weight is 690 g/mol. The van der Waals surface area contributed by atoms with Crippen molar-refractivity contribution in [3.05, 3.63) is 187 Å². The van der Waals surface area contributed by atoms with E-state index in [-0.39, 0.29) is 5.41 Å². The Hall–Kier alpha value is -6.84. The summed E-state index contributed by atoms with van der Waals surface area (Å²) in [5.74, 6) is 0.725. The van der Waals surface area contributed by atoms with Gasteiger partial charge in [-0.1, -0.05) is 153 Å². The first-order chi connectivity index (χ1) is 26.5. The second kappa shape index (κ2) is 11.6. The summed E-state index contributed by atoms with van der Waals surface area (Å²) in [6.45, 7) is 4.64. The van der Waals surface area contributed by atoms with Crippen molar-refractivity contribution in [2.45, 2.75) is 19.3 Å². The Morgan fingerprint density at radius 2 is 1.06 bits per heavy atom. The van der Waals surface area contributed by atoms with Crippen molar-refractivity contribution in [1.82, 2.24) is 14.5 Å². The number of nitrogens with zero attached hydrogens (tertiary/aromatic N) is 3. The van der Waals surface area contributed by atoms with Crippen LogP contribution < -0.4 is 0 Å². The fourth-order valence-electron chi connectivity index (χ4n) is 8.93. The largest absolute Gasteiger partial charge is 0.309 e. The predicted octanol–water partition coefficient (Wildman–Crippen LogP) is 13.2. The minimum absolute atomic E-state index is 0.118. The molecule has 0 bridgehead atoms. The van der Waals surface area contributed by atoms with Gasteiger partial charge in [-0.15, -0.1) is 0 Å². The molecule has 0 fully saturated rings. The van der Waals surface area contributed by atoms with Gasteiger partial charge < -0.3 is 4.57 Å². The summed E-state index contributed by atoms with van der Waals surface area (Å²) in [4.78, 5) is 10.6. The van der Waals surface area contributed by atoms with Gasteiger partial charge in [0, 0.05) is 38.3 Å². The minimum Gasteiger partial charge on any atom is -0.309 e. The van der Waals surface area contributed by atoms with Crippen LogP contribution in [0.5, 0.6) is 0 Å². The highest BCUT2D eigenvalue weighted by Gasteiger charge is 2.35. The molecule has 11 rings (SSSR count). The van der Waals surface area contributed by atoms with E-state index < -0.39 is 0 Å². The maximum Gasteiger partial charge on any atom is 0.160 e. The number of fused-ring (bicyclic) bond motifs is 8. The van der Waals surface area contributed by atoms with Crippen molar-refractivity contribution >= 4 is 43.4 Å². The molecule has 0 aliphatic heterocycles. The highest BCUT2D eigenvalue weighted by atomic mass is 15.0. The Labute approximate surface area is 313 Å². The molecule has 0 spiro atoms. The zero-order valence-corrected chi connectivity index (χ0v) is 30.1. The van der Waals surface area contributed by atoms with Gasteiger partial charge in [0.05, 0.1) is 28.1 Å². The topological polar surface area (TPSA) is 30.7 Å². The Morgan fingerprint density at radius 1 is 0.407 bits per heavy atom. The zero-order valence-electron chi connectivity index (χ0n) is 30.1. The molecular formula is C51H35N3. The lowest BCUT2D eigenvalue weighted by Gasteiger charge is -2.22. The van der Waals surface area contributed by atoms with Gasteiger partial charge in [0.1, 0.15) is 0 Å². The molecule has 254 valence electrons. The van der Waals surface area contributed by atoms with Crippen LogP contribution in [0.4, 0.5) is 0 Å². The summed E-state index contributed by atoms with van der Waals surface area (Å²) >= 11 is 0. The molecule has 0 atom stereocenters. The van der Waals surface area contributed by atoms with Gasteiger partial charge in [-0.2, -0.15) is 0 Å². The highest BCUT2D eigenvalue weighted by Crippen LogP contribution is 2.49. The van der Waals surface area contributed by atoms with Gasteiger partial charge in [0.2, 0.25) is 0 Å². The number of benzene rings is 8. The van der Waals surface area contributed by atoms with Gasteiger partial charge in [0.25, 0.3) is 0 Å². The first-order valence-electron chi connectivity index (χ1n) is 18.7. The van der Waals surface area contributed by atoms with Crippen molar-refractivity contribution in [1.29, 1.82) is 0 Å². The van der Waals surface area contributed by atoms with E-state index in [1.807, 2.05) is 0 Å². The van der Waals surface area contributed by atoms with E-state index in [1.165, 1.54) is 60.2 Å². The molecule has 0 saturated heterocycles. The normalized spacial score (nSPS) is 13.1. The quantitative estimate of drug-likeness (QED) is 0.184. The molecule has 0 unspecified atom stereocenters. The summed E-state index contributed by atoms with van der Waals surface area (Å²) in [6.07, 6.45) is 0. The maximum absolute atomic E-state index is 5.38. The van der Waals surface area contributed by atoms with Crippen LogP contribution in [-0.4, -0.2) is 14.5 Å². The van der Waals surface area contributed by atoms with Crippen molar-refractivity contribution in [2.75, 3.05) is 0 Å². The predicted molar refractivity (Wildman–Crippen MR) is 225 cm³/mol. The first kappa shape index (κ1) is 30.8. The lowest BCUT2D eigenvalue weighted by Crippen LogP contribution is -2.15. The number of para-hydroxylation sites is 1. The van der Waals surface area contributed by atoms with Crippen LogP contribution in [0, 0.1) is 0 Å². The summed E-state index contributed by atoms with van der Waals surface area (Å²) in [6, 6.07) is 63.5. The number of hydrogen-bond donors (Lipinski definition) is 0. The SMILES string of the molecule is CC1(C)c2ccccc2-c2ccc(-c3nc(-c4ccccc4)cc(-c4ccc(-n5c6ccccc6c6cc7ccccc7cc65)c5ccccc45)n3)cc21. The van der Waals surface area contributed by atoms with Crippen LogP contribution >= 0.6 is 0 Å². The third-order valence-corrected chi connectivity index (χ3v) is 11.6. The van der Waals surface area contributed by atoms with Gasteiger partial charge in [-0.3, -0.25) is 0 Å². The minimum atomic E-state index is -0.118. The lowest BCUT2D eigenvalue weighted by molar-refractivity contribution is 0.660. The van der Waals surface area contributed by atoms with Crippen molar-refractivity contribution in [3.63, 3.8) is 0 Å². The summed E-state index contributed by atoms with van der Waals surface area (Å²) < 4.78 is 2.44. The van der Waals surface area contributed by atoms with Crippen molar-refractivity contribution < 1.29 is 0 Å². The van der Waals surface area contributed by atoms with Crippen LogP contribution in [0.3, 0.4) is 0 Å². The lowest BCUT2D eigenvalue weighted by atomic mass is 9.82. The van der Waals surface area contributed by atoms with E-state index in [0.717, 1.165) is 45.0 Å². The number of hydrogen-bond acceptors (Lipinski definition) is 2. The number of aromatic nitrogens is 3. The monoisotopic (exact) mass is 689 g/mol. The number of rotatable bonds is 4. The molecule has 8 aromatic carbocycles. The fourth-order valence-corrected chi connectivity index (χ4v) is 8.93. The Morgan fingerprint density at radius 3 is 1.91 bits per heavy atom. The molecule has 10 aromatic rings. The molecule has 2 heterocycles. The van der Waals surface area contributed by atoms with Crippen LogP contribution in [-0.2, 0) is 5.41 Å². The Balaban J connectivity index is 1.13. The Bertz CT molecular complexity index is 3130. The third kappa shape index (κ3) is 4.55. The third-order valence-electron chi connectivity index (χ3n) is 11.6. The molecule has 0 radical (unpaired) electrons. The van der Waals surface area contributed by atoms with Crippen molar-refractivity contribution in [2.24, 2.45) is 0 Å². The van der Waals surface area contributed by atoms with Crippen LogP contribution in [0.25, 0.3) is 94.1 Å². The molecule has 0 amide bonds. The summed E-state index contributed by atoms with van der Waals surface area (Å²) in [7, 11) is 0. The van der Waals surface area contributed by atoms with Gasteiger partial charge in [-0.05, 0) is 74.8 Å². The van der Waals surface area contributed by atoms with Crippen LogP contribution in [0.1, 0.15) is 25.0 Å². The van der Waals surface area contributed by atoms with E-state index in [9.17, 15) is 0 Å².